The van der Waals surface area contributed by atoms with Gasteiger partial charge in [-0.2, -0.15) is 0 Å². The summed E-state index contributed by atoms with van der Waals surface area (Å²) in [6.45, 7) is 4.76. The van der Waals surface area contributed by atoms with Crippen LogP contribution in [0, 0.1) is 0 Å². The van der Waals surface area contributed by atoms with Crippen molar-refractivity contribution in [2.45, 2.75) is 24.3 Å². The Morgan fingerprint density at radius 3 is 2.37 bits per heavy atom. The van der Waals surface area contributed by atoms with Crippen LogP contribution < -0.4 is 16.2 Å². The Kier molecular flexibility index (Phi) is 4.44. The molecule has 6 nitrogen and oxygen atoms in total. The topological polar surface area (TPSA) is 101 Å². The van der Waals surface area contributed by atoms with Gasteiger partial charge >= 0.3 is 0 Å². The number of likely N-dealkylation sites (N-methyl/N-ethyl adjacent to an activating group) is 1. The van der Waals surface area contributed by atoms with Crippen LogP contribution in [0.25, 0.3) is 0 Å². The highest BCUT2D eigenvalue weighted by Gasteiger charge is 2.20. The number of hydrogen-bond acceptors (Lipinski definition) is 5. The Balaban J connectivity index is 2.96. The van der Waals surface area contributed by atoms with Crippen LogP contribution >= 0.6 is 0 Å². The van der Waals surface area contributed by atoms with Crippen LogP contribution in [0.15, 0.2) is 23.1 Å². The van der Waals surface area contributed by atoms with Crippen molar-refractivity contribution in [3.8, 4) is 0 Å². The van der Waals surface area contributed by atoms with E-state index in [2.05, 4.69) is 24.1 Å². The van der Waals surface area contributed by atoms with E-state index in [1.807, 2.05) is 14.1 Å². The van der Waals surface area contributed by atoms with E-state index < -0.39 is 10.0 Å². The van der Waals surface area contributed by atoms with Gasteiger partial charge in [0.2, 0.25) is 10.0 Å². The molecule has 5 N–H and O–H groups in total. The predicted octanol–water partition coefficient (Wildman–Crippen LogP) is 0.668. The van der Waals surface area contributed by atoms with Crippen molar-refractivity contribution in [1.29, 1.82) is 0 Å². The molecule has 1 rings (SSSR count). The third-order valence-electron chi connectivity index (χ3n) is 3.28. The van der Waals surface area contributed by atoms with Crippen LogP contribution in [0.1, 0.15) is 13.8 Å². The molecule has 0 fully saturated rings. The minimum Gasteiger partial charge on any atom is -0.397 e. The van der Waals surface area contributed by atoms with E-state index in [0.717, 1.165) is 0 Å². The fraction of sp³-hybridized carbons (Fsp3) is 0.500. The lowest BCUT2D eigenvalue weighted by atomic mass is 10.0. The standard InChI is InChI=1S/C12H22N4O2S/c1-12(2,16(3)4)8-15-11-7-9(19(14,17)18)5-6-10(11)13/h5-7,15H,8,13H2,1-4H3,(H2,14,17,18). The van der Waals surface area contributed by atoms with Gasteiger partial charge in [-0.1, -0.05) is 0 Å². The molecule has 19 heavy (non-hydrogen) atoms. The molecule has 0 saturated heterocycles. The number of nitrogens with one attached hydrogen (secondary N) is 1. The van der Waals surface area contributed by atoms with Crippen molar-refractivity contribution in [2.24, 2.45) is 5.14 Å². The minimum absolute atomic E-state index is 0.0480. The van der Waals surface area contributed by atoms with Crippen LogP contribution in [0.5, 0.6) is 0 Å². The summed E-state index contributed by atoms with van der Waals surface area (Å²) in [5, 5.41) is 8.26. The van der Waals surface area contributed by atoms with Gasteiger partial charge in [-0.15, -0.1) is 0 Å². The SMILES string of the molecule is CN(C)C(C)(C)CNc1cc(S(N)(=O)=O)ccc1N. The lowest BCUT2D eigenvalue weighted by molar-refractivity contribution is 0.210. The Hall–Kier alpha value is -1.31. The zero-order valence-electron chi connectivity index (χ0n) is 11.8. The molecule has 0 amide bonds. The van der Waals surface area contributed by atoms with E-state index in [0.29, 0.717) is 17.9 Å². The van der Waals surface area contributed by atoms with E-state index in [1.54, 1.807) is 0 Å². The van der Waals surface area contributed by atoms with Gasteiger partial charge in [0, 0.05) is 12.1 Å². The molecule has 0 atom stereocenters. The fourth-order valence-electron chi connectivity index (χ4n) is 1.34. The van der Waals surface area contributed by atoms with Crippen LogP contribution in [0.2, 0.25) is 0 Å². The molecule has 0 aliphatic rings. The van der Waals surface area contributed by atoms with Crippen molar-refractivity contribution >= 4 is 21.4 Å². The minimum atomic E-state index is -3.72. The summed E-state index contributed by atoms with van der Waals surface area (Å²) in [5.74, 6) is 0. The van der Waals surface area contributed by atoms with Gasteiger partial charge in [0.05, 0.1) is 16.3 Å². The first-order valence-electron chi connectivity index (χ1n) is 5.88. The molecule has 0 aliphatic carbocycles. The maximum absolute atomic E-state index is 11.3. The highest BCUT2D eigenvalue weighted by atomic mass is 32.2. The zero-order valence-corrected chi connectivity index (χ0v) is 12.6. The molecular weight excluding hydrogens is 264 g/mol. The van der Waals surface area contributed by atoms with Gasteiger partial charge in [-0.3, -0.25) is 0 Å². The van der Waals surface area contributed by atoms with E-state index in [4.69, 9.17) is 10.9 Å². The van der Waals surface area contributed by atoms with Crippen LogP contribution in [-0.4, -0.2) is 39.5 Å². The van der Waals surface area contributed by atoms with Gasteiger partial charge in [0.25, 0.3) is 0 Å². The van der Waals surface area contributed by atoms with Gasteiger partial charge in [0.15, 0.2) is 0 Å². The van der Waals surface area contributed by atoms with E-state index in [1.165, 1.54) is 18.2 Å². The summed E-state index contributed by atoms with van der Waals surface area (Å²) in [4.78, 5) is 2.12. The molecular formula is C12H22N4O2S. The quantitative estimate of drug-likeness (QED) is 0.691. The maximum atomic E-state index is 11.3. The number of sulfonamides is 1. The molecule has 1 aromatic rings. The average molecular weight is 286 g/mol. The first kappa shape index (κ1) is 15.7. The first-order chi connectivity index (χ1) is 8.54. The molecule has 0 bridgehead atoms. The number of nitrogens with zero attached hydrogens (tertiary/aromatic N) is 1. The smallest absolute Gasteiger partial charge is 0.238 e. The van der Waals surface area contributed by atoms with Gasteiger partial charge in [-0.05, 0) is 46.1 Å². The Labute approximate surface area is 114 Å². The molecule has 0 saturated carbocycles. The summed E-state index contributed by atoms with van der Waals surface area (Å²) < 4.78 is 22.6. The molecule has 0 aromatic heterocycles. The second kappa shape index (κ2) is 5.36. The molecule has 0 heterocycles. The third kappa shape index (κ3) is 4.09. The van der Waals surface area contributed by atoms with Crippen molar-refractivity contribution in [3.63, 3.8) is 0 Å². The van der Waals surface area contributed by atoms with Gasteiger partial charge < -0.3 is 16.0 Å². The Morgan fingerprint density at radius 2 is 1.89 bits per heavy atom. The third-order valence-corrected chi connectivity index (χ3v) is 4.19. The van der Waals surface area contributed by atoms with Crippen molar-refractivity contribution in [3.05, 3.63) is 18.2 Å². The molecule has 7 heteroatoms. The van der Waals surface area contributed by atoms with Crippen LogP contribution in [0.4, 0.5) is 11.4 Å². The Bertz CT molecular complexity index is 553. The molecule has 108 valence electrons. The Morgan fingerprint density at radius 1 is 1.32 bits per heavy atom. The molecule has 1 aromatic carbocycles. The zero-order chi connectivity index (χ0) is 14.8. The first-order valence-corrected chi connectivity index (χ1v) is 7.42. The molecule has 0 unspecified atom stereocenters. The predicted molar refractivity (Wildman–Crippen MR) is 78.5 cm³/mol. The largest absolute Gasteiger partial charge is 0.397 e. The molecule has 0 radical (unpaired) electrons. The molecule has 0 spiro atoms. The number of nitrogen functional groups attached to an aromatic ring is 1. The second-order valence-corrected chi connectivity index (χ2v) is 6.92. The van der Waals surface area contributed by atoms with E-state index in [9.17, 15) is 8.42 Å². The van der Waals surface area contributed by atoms with Crippen LogP contribution in [0.3, 0.4) is 0 Å². The summed E-state index contributed by atoms with van der Waals surface area (Å²) in [5.41, 5.74) is 6.79. The normalized spacial score (nSPS) is 12.7. The second-order valence-electron chi connectivity index (χ2n) is 5.35. The number of nitrogens with two attached hydrogens (primary N) is 2. The van der Waals surface area contributed by atoms with Gasteiger partial charge in [-0.25, -0.2) is 13.6 Å². The number of anilines is 2. The monoisotopic (exact) mass is 286 g/mol. The lowest BCUT2D eigenvalue weighted by Crippen LogP contribution is -2.44. The van der Waals surface area contributed by atoms with Crippen molar-refractivity contribution in [2.75, 3.05) is 31.7 Å². The van der Waals surface area contributed by atoms with E-state index >= 15 is 0 Å². The van der Waals surface area contributed by atoms with Crippen molar-refractivity contribution in [1.82, 2.24) is 4.90 Å². The van der Waals surface area contributed by atoms with Crippen molar-refractivity contribution < 1.29 is 8.42 Å². The maximum Gasteiger partial charge on any atom is 0.238 e. The van der Waals surface area contributed by atoms with Gasteiger partial charge in [0.1, 0.15) is 0 Å². The molecule has 0 aliphatic heterocycles. The van der Waals surface area contributed by atoms with Crippen LogP contribution in [-0.2, 0) is 10.0 Å². The summed E-state index contributed by atoms with van der Waals surface area (Å²) in [6.07, 6.45) is 0. The highest BCUT2D eigenvalue weighted by molar-refractivity contribution is 7.89. The number of rotatable bonds is 5. The lowest BCUT2D eigenvalue weighted by Gasteiger charge is -2.33. The highest BCUT2D eigenvalue weighted by Crippen LogP contribution is 2.23. The fourth-order valence-corrected chi connectivity index (χ4v) is 1.87. The summed E-state index contributed by atoms with van der Waals surface area (Å²) in [7, 11) is 0.238. The summed E-state index contributed by atoms with van der Waals surface area (Å²) in [6, 6.07) is 4.38. The number of benzene rings is 1. The summed E-state index contributed by atoms with van der Waals surface area (Å²) >= 11 is 0. The average Bonchev–Trinajstić information content (AvgIpc) is 2.26. The number of hydrogen-bond donors (Lipinski definition) is 3. The number of primary sulfonamides is 1. The van der Waals surface area contributed by atoms with E-state index in [-0.39, 0.29) is 10.4 Å².